The first-order valence-corrected chi connectivity index (χ1v) is 7.51. The summed E-state index contributed by atoms with van der Waals surface area (Å²) < 4.78 is 0. The first-order valence-electron chi connectivity index (χ1n) is 6.63. The molecule has 0 amide bonds. The number of nitrogens with zero attached hydrogens (tertiary/aromatic N) is 1. The van der Waals surface area contributed by atoms with E-state index in [4.69, 9.17) is 0 Å². The van der Waals surface area contributed by atoms with Crippen LogP contribution in [0.25, 0.3) is 21.3 Å². The number of aliphatic hydroxyl groups excluding tert-OH is 1. The van der Waals surface area contributed by atoms with Gasteiger partial charge in [-0.2, -0.15) is 0 Å². The van der Waals surface area contributed by atoms with Gasteiger partial charge in [-0.05, 0) is 43.2 Å². The summed E-state index contributed by atoms with van der Waals surface area (Å²) in [4.78, 5) is 6.48. The van der Waals surface area contributed by atoms with E-state index >= 15 is 0 Å². The molecule has 2 heterocycles. The van der Waals surface area contributed by atoms with Crippen LogP contribution in [0.3, 0.4) is 0 Å². The maximum Gasteiger partial charge on any atom is 0.0937 e. The van der Waals surface area contributed by atoms with Crippen LogP contribution in [0.4, 0.5) is 0 Å². The fraction of sp³-hybridized carbons (Fsp3) is 0.250. The van der Waals surface area contributed by atoms with Gasteiger partial charge in [0.15, 0.2) is 0 Å². The molecule has 0 aliphatic rings. The number of aromatic amines is 1. The molecule has 3 nitrogen and oxygen atoms in total. The fourth-order valence-electron chi connectivity index (χ4n) is 2.46. The first-order chi connectivity index (χ1) is 9.65. The maximum absolute atomic E-state index is 10.3. The van der Waals surface area contributed by atoms with Gasteiger partial charge >= 0.3 is 0 Å². The highest BCUT2D eigenvalue weighted by molar-refractivity contribution is 7.13. The Morgan fingerprint density at radius 3 is 2.85 bits per heavy atom. The average molecular weight is 286 g/mol. The molecule has 0 saturated heterocycles. The molecule has 1 atom stereocenters. The van der Waals surface area contributed by atoms with Gasteiger partial charge in [-0.15, -0.1) is 11.3 Å². The summed E-state index contributed by atoms with van der Waals surface area (Å²) in [6.45, 7) is 0.621. The van der Waals surface area contributed by atoms with Crippen molar-refractivity contribution >= 4 is 22.2 Å². The van der Waals surface area contributed by atoms with Crippen molar-refractivity contribution in [2.75, 3.05) is 20.6 Å². The predicted molar refractivity (Wildman–Crippen MR) is 85.1 cm³/mol. The quantitative estimate of drug-likeness (QED) is 0.770. The molecular weight excluding hydrogens is 268 g/mol. The number of aliphatic hydroxyl groups is 1. The molecule has 1 unspecified atom stereocenters. The Kier molecular flexibility index (Phi) is 3.61. The second kappa shape index (κ2) is 5.40. The van der Waals surface area contributed by atoms with Crippen LogP contribution in [0.2, 0.25) is 0 Å². The lowest BCUT2D eigenvalue weighted by Crippen LogP contribution is -2.19. The molecule has 2 N–H and O–H groups in total. The highest BCUT2D eigenvalue weighted by atomic mass is 32.1. The van der Waals surface area contributed by atoms with E-state index in [1.807, 2.05) is 25.2 Å². The predicted octanol–water partition coefficient (Wildman–Crippen LogP) is 3.49. The SMILES string of the molecule is CN(C)CC(O)c1c[nH]c2ccc(-c3cccs3)cc12. The Morgan fingerprint density at radius 2 is 2.15 bits per heavy atom. The van der Waals surface area contributed by atoms with Gasteiger partial charge < -0.3 is 15.0 Å². The minimum Gasteiger partial charge on any atom is -0.387 e. The van der Waals surface area contributed by atoms with Crippen molar-refractivity contribution in [1.29, 1.82) is 0 Å². The van der Waals surface area contributed by atoms with E-state index in [2.05, 4.69) is 40.7 Å². The summed E-state index contributed by atoms with van der Waals surface area (Å²) in [5, 5.41) is 13.5. The number of thiophene rings is 1. The van der Waals surface area contributed by atoms with Crippen molar-refractivity contribution in [3.05, 3.63) is 47.5 Å². The van der Waals surface area contributed by atoms with Gasteiger partial charge in [-0.3, -0.25) is 0 Å². The van der Waals surface area contributed by atoms with Gasteiger partial charge in [0.25, 0.3) is 0 Å². The van der Waals surface area contributed by atoms with Crippen molar-refractivity contribution in [3.8, 4) is 10.4 Å². The molecule has 0 aliphatic heterocycles. The fourth-order valence-corrected chi connectivity index (χ4v) is 3.18. The smallest absolute Gasteiger partial charge is 0.0937 e. The van der Waals surface area contributed by atoms with Crippen molar-refractivity contribution < 1.29 is 5.11 Å². The number of hydrogen-bond donors (Lipinski definition) is 2. The topological polar surface area (TPSA) is 39.3 Å². The largest absolute Gasteiger partial charge is 0.387 e. The van der Waals surface area contributed by atoms with E-state index < -0.39 is 6.10 Å². The number of fused-ring (bicyclic) bond motifs is 1. The molecule has 2 aromatic heterocycles. The molecule has 1 aromatic carbocycles. The summed E-state index contributed by atoms with van der Waals surface area (Å²) in [6, 6.07) is 10.5. The molecule has 0 saturated carbocycles. The third kappa shape index (κ3) is 2.50. The number of hydrogen-bond acceptors (Lipinski definition) is 3. The normalized spacial score (nSPS) is 13.2. The van der Waals surface area contributed by atoms with Gasteiger partial charge in [0, 0.05) is 34.1 Å². The summed E-state index contributed by atoms with van der Waals surface area (Å²) in [5.74, 6) is 0. The lowest BCUT2D eigenvalue weighted by molar-refractivity contribution is 0.140. The number of aromatic nitrogens is 1. The van der Waals surface area contributed by atoms with Crippen LogP contribution in [0.5, 0.6) is 0 Å². The van der Waals surface area contributed by atoms with Gasteiger partial charge in [-0.1, -0.05) is 12.1 Å². The molecule has 3 rings (SSSR count). The van der Waals surface area contributed by atoms with Gasteiger partial charge in [0.05, 0.1) is 6.10 Å². The van der Waals surface area contributed by atoms with Gasteiger partial charge in [-0.25, -0.2) is 0 Å². The Balaban J connectivity index is 2.04. The van der Waals surface area contributed by atoms with Crippen LogP contribution < -0.4 is 0 Å². The third-order valence-corrected chi connectivity index (χ3v) is 4.34. The molecule has 0 radical (unpaired) electrons. The molecule has 0 spiro atoms. The first kappa shape index (κ1) is 13.4. The number of H-pyrrole nitrogens is 1. The van der Waals surface area contributed by atoms with Crippen molar-refractivity contribution in [3.63, 3.8) is 0 Å². The van der Waals surface area contributed by atoms with Crippen molar-refractivity contribution in [2.24, 2.45) is 0 Å². The molecule has 0 aliphatic carbocycles. The zero-order chi connectivity index (χ0) is 14.1. The average Bonchev–Trinajstić information content (AvgIpc) is 3.06. The molecular formula is C16H18N2OS. The molecule has 0 bridgehead atoms. The second-order valence-electron chi connectivity index (χ2n) is 5.26. The van der Waals surface area contributed by atoms with Crippen LogP contribution in [0.1, 0.15) is 11.7 Å². The van der Waals surface area contributed by atoms with Crippen LogP contribution in [0, 0.1) is 0 Å². The van der Waals surface area contributed by atoms with E-state index in [9.17, 15) is 5.11 Å². The molecule has 20 heavy (non-hydrogen) atoms. The van der Waals surface area contributed by atoms with Crippen LogP contribution in [-0.4, -0.2) is 35.6 Å². The van der Waals surface area contributed by atoms with Gasteiger partial charge in [0.1, 0.15) is 0 Å². The Morgan fingerprint density at radius 1 is 1.30 bits per heavy atom. The second-order valence-corrected chi connectivity index (χ2v) is 6.21. The van der Waals surface area contributed by atoms with Crippen molar-refractivity contribution in [1.82, 2.24) is 9.88 Å². The summed E-state index contributed by atoms with van der Waals surface area (Å²) in [5.41, 5.74) is 3.23. The van der Waals surface area contributed by atoms with E-state index in [1.165, 1.54) is 10.4 Å². The number of benzene rings is 1. The van der Waals surface area contributed by atoms with E-state index in [1.54, 1.807) is 11.3 Å². The number of rotatable bonds is 4. The van der Waals surface area contributed by atoms with Crippen LogP contribution in [0.15, 0.2) is 41.9 Å². The summed E-state index contributed by atoms with van der Waals surface area (Å²) in [6.07, 6.45) is 1.44. The lowest BCUT2D eigenvalue weighted by Gasteiger charge is -2.15. The summed E-state index contributed by atoms with van der Waals surface area (Å²) in [7, 11) is 3.93. The Bertz CT molecular complexity index is 700. The van der Waals surface area contributed by atoms with E-state index in [0.717, 1.165) is 16.5 Å². The highest BCUT2D eigenvalue weighted by Gasteiger charge is 2.14. The Hall–Kier alpha value is -1.62. The lowest BCUT2D eigenvalue weighted by atomic mass is 10.0. The standard InChI is InChI=1S/C16H18N2OS/c1-18(2)10-15(19)13-9-17-14-6-5-11(8-12(13)14)16-4-3-7-20-16/h3-9,15,17,19H,10H2,1-2H3. The molecule has 4 heteroatoms. The van der Waals surface area contributed by atoms with Crippen molar-refractivity contribution in [2.45, 2.75) is 6.10 Å². The van der Waals surface area contributed by atoms with E-state index in [-0.39, 0.29) is 0 Å². The zero-order valence-electron chi connectivity index (χ0n) is 11.6. The minimum absolute atomic E-state index is 0.475. The Labute approximate surface area is 122 Å². The number of nitrogens with one attached hydrogen (secondary N) is 1. The summed E-state index contributed by atoms with van der Waals surface area (Å²) >= 11 is 1.73. The highest BCUT2D eigenvalue weighted by Crippen LogP contribution is 2.31. The van der Waals surface area contributed by atoms with Gasteiger partial charge in [0.2, 0.25) is 0 Å². The minimum atomic E-state index is -0.475. The third-order valence-electron chi connectivity index (χ3n) is 3.42. The monoisotopic (exact) mass is 286 g/mol. The zero-order valence-corrected chi connectivity index (χ0v) is 12.4. The van der Waals surface area contributed by atoms with E-state index in [0.29, 0.717) is 6.54 Å². The maximum atomic E-state index is 10.3. The van der Waals surface area contributed by atoms with Crippen LogP contribution >= 0.6 is 11.3 Å². The molecule has 3 aromatic rings. The number of likely N-dealkylation sites (N-methyl/N-ethyl adjacent to an activating group) is 1. The molecule has 0 fully saturated rings. The van der Waals surface area contributed by atoms with Crippen LogP contribution in [-0.2, 0) is 0 Å². The molecule has 104 valence electrons.